The third-order valence-corrected chi connectivity index (χ3v) is 4.90. The molecular weight excluding hydrogens is 352 g/mol. The number of carbonyl (C=O) groups is 1. The second-order valence-corrected chi connectivity index (χ2v) is 6.73. The summed E-state index contributed by atoms with van der Waals surface area (Å²) in [6.07, 6.45) is 2.11. The molecule has 5 nitrogen and oxygen atoms in total. The van der Waals surface area contributed by atoms with Crippen molar-refractivity contribution in [1.82, 2.24) is 4.90 Å². The van der Waals surface area contributed by atoms with Crippen molar-refractivity contribution in [1.29, 1.82) is 0 Å². The van der Waals surface area contributed by atoms with E-state index in [4.69, 9.17) is 21.1 Å². The molecule has 0 radical (unpaired) electrons. The van der Waals surface area contributed by atoms with Crippen molar-refractivity contribution in [3.05, 3.63) is 53.1 Å². The molecule has 1 N–H and O–H groups in total. The first-order valence-corrected chi connectivity index (χ1v) is 9.00. The highest BCUT2D eigenvalue weighted by Gasteiger charge is 2.27. The molecule has 2 aromatic rings. The Labute approximate surface area is 158 Å². The van der Waals surface area contributed by atoms with Crippen LogP contribution in [0.15, 0.2) is 42.5 Å². The van der Waals surface area contributed by atoms with E-state index in [-0.39, 0.29) is 11.9 Å². The number of likely N-dealkylation sites (tertiary alicyclic amines) is 1. The highest BCUT2D eigenvalue weighted by Crippen LogP contribution is 2.33. The average Bonchev–Trinajstić information content (AvgIpc) is 3.10. The molecule has 2 aromatic carbocycles. The minimum absolute atomic E-state index is 0.0718. The van der Waals surface area contributed by atoms with Crippen LogP contribution in [-0.2, 0) is 4.79 Å². The number of ether oxygens (including phenoxy) is 2. The van der Waals surface area contributed by atoms with Gasteiger partial charge in [0.25, 0.3) is 0 Å². The van der Waals surface area contributed by atoms with E-state index in [9.17, 15) is 4.79 Å². The molecule has 0 unspecified atom stereocenters. The zero-order chi connectivity index (χ0) is 18.5. The van der Waals surface area contributed by atoms with Crippen molar-refractivity contribution < 1.29 is 14.3 Å². The second-order valence-electron chi connectivity index (χ2n) is 6.29. The topological polar surface area (TPSA) is 50.8 Å². The molecule has 6 heteroatoms. The minimum atomic E-state index is -0.0718. The molecular formula is C20H23ClN2O3. The van der Waals surface area contributed by atoms with Gasteiger partial charge in [0.15, 0.2) is 0 Å². The zero-order valence-electron chi connectivity index (χ0n) is 15.0. The van der Waals surface area contributed by atoms with Gasteiger partial charge in [-0.3, -0.25) is 9.69 Å². The summed E-state index contributed by atoms with van der Waals surface area (Å²) in [6, 6.07) is 13.4. The van der Waals surface area contributed by atoms with Gasteiger partial charge in [-0.25, -0.2) is 0 Å². The molecule has 0 aromatic heterocycles. The number of halogens is 1. The molecule has 1 aliphatic heterocycles. The quantitative estimate of drug-likeness (QED) is 0.825. The van der Waals surface area contributed by atoms with Crippen LogP contribution in [0, 0.1) is 0 Å². The lowest BCUT2D eigenvalue weighted by atomic mass is 10.0. The van der Waals surface area contributed by atoms with Crippen LogP contribution < -0.4 is 14.8 Å². The number of benzene rings is 2. The first-order chi connectivity index (χ1) is 12.6. The van der Waals surface area contributed by atoms with Crippen molar-refractivity contribution >= 4 is 23.2 Å². The van der Waals surface area contributed by atoms with Gasteiger partial charge < -0.3 is 14.8 Å². The van der Waals surface area contributed by atoms with Crippen LogP contribution in [0.3, 0.4) is 0 Å². The maximum atomic E-state index is 12.6. The number of anilines is 1. The molecule has 0 spiro atoms. The number of nitrogens with one attached hydrogen (secondary N) is 1. The number of rotatable bonds is 6. The number of methoxy groups -OCH3 is 2. The summed E-state index contributed by atoms with van der Waals surface area (Å²) >= 11 is 5.98. The number of nitrogens with zero attached hydrogens (tertiary/aromatic N) is 1. The maximum Gasteiger partial charge on any atom is 0.238 e. The van der Waals surface area contributed by atoms with Gasteiger partial charge in [0.05, 0.1) is 26.5 Å². The number of amides is 1. The fourth-order valence-electron chi connectivity index (χ4n) is 3.36. The summed E-state index contributed by atoms with van der Waals surface area (Å²) in [7, 11) is 3.17. The van der Waals surface area contributed by atoms with E-state index in [2.05, 4.69) is 10.2 Å². The third-order valence-electron chi connectivity index (χ3n) is 4.65. The Bertz CT molecular complexity index is 764. The SMILES string of the molecule is COc1ccc(OC)c(NC(=O)CN2CCC[C@H]2c2ccc(Cl)cc2)c1. The smallest absolute Gasteiger partial charge is 0.238 e. The molecule has 0 aliphatic carbocycles. The predicted octanol–water partition coefficient (Wildman–Crippen LogP) is 4.13. The van der Waals surface area contributed by atoms with Gasteiger partial charge in [0.1, 0.15) is 11.5 Å². The lowest BCUT2D eigenvalue weighted by molar-refractivity contribution is -0.117. The normalized spacial score (nSPS) is 17.1. The molecule has 1 saturated heterocycles. The minimum Gasteiger partial charge on any atom is -0.497 e. The van der Waals surface area contributed by atoms with Crippen molar-refractivity contribution in [3.8, 4) is 11.5 Å². The first-order valence-electron chi connectivity index (χ1n) is 8.62. The Hall–Kier alpha value is -2.24. The summed E-state index contributed by atoms with van der Waals surface area (Å²) in [5.74, 6) is 1.20. The van der Waals surface area contributed by atoms with E-state index in [0.717, 1.165) is 24.4 Å². The Balaban J connectivity index is 1.68. The molecule has 0 saturated carbocycles. The third kappa shape index (κ3) is 4.29. The lowest BCUT2D eigenvalue weighted by Gasteiger charge is -2.24. The maximum absolute atomic E-state index is 12.6. The monoisotopic (exact) mass is 374 g/mol. The van der Waals surface area contributed by atoms with Crippen molar-refractivity contribution in [2.75, 3.05) is 32.6 Å². The number of hydrogen-bond donors (Lipinski definition) is 1. The van der Waals surface area contributed by atoms with Gasteiger partial charge in [0.2, 0.25) is 5.91 Å². The van der Waals surface area contributed by atoms with Gasteiger partial charge in [-0.2, -0.15) is 0 Å². The molecule has 26 heavy (non-hydrogen) atoms. The number of carbonyl (C=O) groups excluding carboxylic acids is 1. The van der Waals surface area contributed by atoms with Gasteiger partial charge in [-0.15, -0.1) is 0 Å². The summed E-state index contributed by atoms with van der Waals surface area (Å²) < 4.78 is 10.5. The zero-order valence-corrected chi connectivity index (χ0v) is 15.8. The van der Waals surface area contributed by atoms with E-state index in [0.29, 0.717) is 23.7 Å². The van der Waals surface area contributed by atoms with Crippen LogP contribution in [0.5, 0.6) is 11.5 Å². The lowest BCUT2D eigenvalue weighted by Crippen LogP contribution is -2.33. The molecule has 3 rings (SSSR count). The molecule has 1 aliphatic rings. The van der Waals surface area contributed by atoms with Gasteiger partial charge in [0, 0.05) is 17.1 Å². The highest BCUT2D eigenvalue weighted by molar-refractivity contribution is 6.30. The molecule has 1 heterocycles. The van der Waals surface area contributed by atoms with Crippen LogP contribution >= 0.6 is 11.6 Å². The number of hydrogen-bond acceptors (Lipinski definition) is 4. The van der Waals surface area contributed by atoms with Crippen LogP contribution in [0.4, 0.5) is 5.69 Å². The Morgan fingerprint density at radius 3 is 2.65 bits per heavy atom. The fraction of sp³-hybridized carbons (Fsp3) is 0.350. The van der Waals surface area contributed by atoms with Gasteiger partial charge in [-0.05, 0) is 49.2 Å². The second kappa shape index (κ2) is 8.43. The summed E-state index contributed by atoms with van der Waals surface area (Å²) in [5.41, 5.74) is 1.80. The highest BCUT2D eigenvalue weighted by atomic mass is 35.5. The Morgan fingerprint density at radius 2 is 1.96 bits per heavy atom. The van der Waals surface area contributed by atoms with Crippen molar-refractivity contribution in [3.63, 3.8) is 0 Å². The Morgan fingerprint density at radius 1 is 1.19 bits per heavy atom. The van der Waals surface area contributed by atoms with E-state index >= 15 is 0 Å². The van der Waals surface area contributed by atoms with Gasteiger partial charge >= 0.3 is 0 Å². The van der Waals surface area contributed by atoms with Crippen LogP contribution in [0.25, 0.3) is 0 Å². The molecule has 1 fully saturated rings. The molecule has 1 amide bonds. The standard InChI is InChI=1S/C20H23ClN2O3/c1-25-16-9-10-19(26-2)17(12-16)22-20(24)13-23-11-3-4-18(23)14-5-7-15(21)8-6-14/h5-10,12,18H,3-4,11,13H2,1-2H3,(H,22,24)/t18-/m0/s1. The Kier molecular flexibility index (Phi) is 6.01. The van der Waals surface area contributed by atoms with E-state index in [1.165, 1.54) is 5.56 Å². The van der Waals surface area contributed by atoms with E-state index in [1.54, 1.807) is 32.4 Å². The summed E-state index contributed by atoms with van der Waals surface area (Å²) in [4.78, 5) is 14.8. The first kappa shape index (κ1) is 18.5. The fourth-order valence-corrected chi connectivity index (χ4v) is 3.49. The van der Waals surface area contributed by atoms with Gasteiger partial charge in [-0.1, -0.05) is 23.7 Å². The summed E-state index contributed by atoms with van der Waals surface area (Å²) in [6.45, 7) is 1.23. The van der Waals surface area contributed by atoms with Crippen molar-refractivity contribution in [2.45, 2.75) is 18.9 Å². The van der Waals surface area contributed by atoms with E-state index in [1.807, 2.05) is 24.3 Å². The van der Waals surface area contributed by atoms with Crippen molar-refractivity contribution in [2.24, 2.45) is 0 Å². The van der Waals surface area contributed by atoms with Crippen LogP contribution in [0.2, 0.25) is 5.02 Å². The summed E-state index contributed by atoms with van der Waals surface area (Å²) in [5, 5.41) is 3.66. The van der Waals surface area contributed by atoms with Crippen LogP contribution in [-0.4, -0.2) is 38.1 Å². The molecule has 0 bridgehead atoms. The predicted molar refractivity (Wildman–Crippen MR) is 103 cm³/mol. The molecule has 138 valence electrons. The molecule has 1 atom stereocenters. The van der Waals surface area contributed by atoms with Crippen LogP contribution in [0.1, 0.15) is 24.4 Å². The van der Waals surface area contributed by atoms with E-state index < -0.39 is 0 Å². The largest absolute Gasteiger partial charge is 0.497 e. The average molecular weight is 375 g/mol.